The normalized spacial score (nSPS) is 18.1. The van der Waals surface area contributed by atoms with Crippen molar-refractivity contribution in [1.29, 1.82) is 0 Å². The van der Waals surface area contributed by atoms with Gasteiger partial charge in [0.15, 0.2) is 0 Å². The molecule has 0 bridgehead atoms. The van der Waals surface area contributed by atoms with Crippen LogP contribution < -0.4 is 10.6 Å². The molecule has 3 rings (SSSR count). The molecule has 7 nitrogen and oxygen atoms in total. The second-order valence-electron chi connectivity index (χ2n) is 6.47. The number of hydrogen-bond acceptors (Lipinski definition) is 4. The fourth-order valence-electron chi connectivity index (χ4n) is 3.16. The van der Waals surface area contributed by atoms with Crippen molar-refractivity contribution >= 4 is 34.6 Å². The molecule has 0 atom stereocenters. The molecule has 2 fully saturated rings. The van der Waals surface area contributed by atoms with Crippen molar-refractivity contribution in [1.82, 2.24) is 15.1 Å². The third kappa shape index (κ3) is 5.14. The molecule has 0 saturated carbocycles. The number of piperidine rings is 1. The molecule has 0 aromatic heterocycles. The van der Waals surface area contributed by atoms with Gasteiger partial charge in [0.05, 0.1) is 0 Å². The van der Waals surface area contributed by atoms with E-state index < -0.39 is 0 Å². The lowest BCUT2D eigenvalue weighted by molar-refractivity contribution is -0.132. The predicted octanol–water partition coefficient (Wildman–Crippen LogP) is 2.36. The first-order valence-corrected chi connectivity index (χ1v) is 9.92. The van der Waals surface area contributed by atoms with Gasteiger partial charge in [-0.25, -0.2) is 4.79 Å². The Morgan fingerprint density at radius 2 is 1.85 bits per heavy atom. The fourth-order valence-corrected chi connectivity index (χ4v) is 4.02. The maximum atomic E-state index is 12.3. The molecule has 140 valence electrons. The van der Waals surface area contributed by atoms with E-state index in [1.54, 1.807) is 4.90 Å². The van der Waals surface area contributed by atoms with E-state index >= 15 is 0 Å². The smallest absolute Gasteiger partial charge is 0.319 e. The minimum Gasteiger partial charge on any atom is -0.342 e. The molecule has 2 aliphatic rings. The van der Waals surface area contributed by atoms with Crippen molar-refractivity contribution < 1.29 is 14.4 Å². The molecule has 2 saturated heterocycles. The molecule has 2 N–H and O–H groups in total. The van der Waals surface area contributed by atoms with Gasteiger partial charge in [-0.2, -0.15) is 0 Å². The first-order valence-electron chi connectivity index (χ1n) is 8.94. The zero-order chi connectivity index (χ0) is 18.4. The third-order valence-corrected chi connectivity index (χ3v) is 5.55. The summed E-state index contributed by atoms with van der Waals surface area (Å²) in [7, 11) is 0. The van der Waals surface area contributed by atoms with Crippen molar-refractivity contribution in [2.75, 3.05) is 37.2 Å². The van der Waals surface area contributed by atoms with Crippen LogP contribution in [0.15, 0.2) is 30.3 Å². The van der Waals surface area contributed by atoms with Gasteiger partial charge in [-0.3, -0.25) is 9.59 Å². The van der Waals surface area contributed by atoms with Crippen LogP contribution in [0.3, 0.4) is 0 Å². The average Bonchev–Trinajstić information content (AvgIpc) is 3.06. The number of rotatable bonds is 5. The molecule has 1 aromatic carbocycles. The summed E-state index contributed by atoms with van der Waals surface area (Å²) in [4.78, 5) is 39.5. The number of nitrogens with one attached hydrogen (secondary N) is 2. The SMILES string of the molecule is O=C(Nc1ccccc1)NC1CCN(C(=O)CCN2CCSC2=O)CC1. The van der Waals surface area contributed by atoms with E-state index in [9.17, 15) is 14.4 Å². The number of urea groups is 1. The summed E-state index contributed by atoms with van der Waals surface area (Å²) in [6.07, 6.45) is 1.86. The molecule has 26 heavy (non-hydrogen) atoms. The highest BCUT2D eigenvalue weighted by atomic mass is 32.2. The molecule has 0 unspecified atom stereocenters. The highest BCUT2D eigenvalue weighted by molar-refractivity contribution is 8.13. The van der Waals surface area contributed by atoms with Crippen molar-refractivity contribution in [2.45, 2.75) is 25.3 Å². The maximum absolute atomic E-state index is 12.3. The molecular formula is C18H24N4O3S. The van der Waals surface area contributed by atoms with Crippen molar-refractivity contribution in [3.63, 3.8) is 0 Å². The van der Waals surface area contributed by atoms with Gasteiger partial charge >= 0.3 is 6.03 Å². The molecular weight excluding hydrogens is 352 g/mol. The summed E-state index contributed by atoms with van der Waals surface area (Å²) < 4.78 is 0. The third-order valence-electron chi connectivity index (χ3n) is 4.66. The number of nitrogens with zero attached hydrogens (tertiary/aromatic N) is 2. The van der Waals surface area contributed by atoms with Gasteiger partial charge in [-0.15, -0.1) is 0 Å². The van der Waals surface area contributed by atoms with Gasteiger partial charge in [0, 0.05) is 50.1 Å². The minimum atomic E-state index is -0.217. The molecule has 8 heteroatoms. The summed E-state index contributed by atoms with van der Waals surface area (Å²) >= 11 is 1.31. The van der Waals surface area contributed by atoms with E-state index in [0.717, 1.165) is 30.8 Å². The predicted molar refractivity (Wildman–Crippen MR) is 102 cm³/mol. The Labute approximate surface area is 157 Å². The van der Waals surface area contributed by atoms with Crippen LogP contribution in [0.1, 0.15) is 19.3 Å². The van der Waals surface area contributed by atoms with Crippen molar-refractivity contribution in [3.05, 3.63) is 30.3 Å². The first kappa shape index (κ1) is 18.6. The summed E-state index contributed by atoms with van der Waals surface area (Å²) in [5.74, 6) is 0.900. The highest BCUT2D eigenvalue weighted by Crippen LogP contribution is 2.18. The number of carbonyl (C=O) groups is 3. The van der Waals surface area contributed by atoms with Crippen LogP contribution in [-0.2, 0) is 4.79 Å². The number of likely N-dealkylation sites (tertiary alicyclic amines) is 1. The first-order chi connectivity index (χ1) is 12.6. The van der Waals surface area contributed by atoms with Crippen LogP contribution >= 0.6 is 11.8 Å². The number of hydrogen-bond donors (Lipinski definition) is 2. The Balaban J connectivity index is 1.36. The zero-order valence-electron chi connectivity index (χ0n) is 14.6. The summed E-state index contributed by atoms with van der Waals surface area (Å²) in [5.41, 5.74) is 0.757. The molecule has 2 aliphatic heterocycles. The van der Waals surface area contributed by atoms with Crippen LogP contribution in [0, 0.1) is 0 Å². The van der Waals surface area contributed by atoms with Gasteiger partial charge < -0.3 is 20.4 Å². The number of para-hydroxylation sites is 1. The fraction of sp³-hybridized carbons (Fsp3) is 0.500. The van der Waals surface area contributed by atoms with Gasteiger partial charge in [0.2, 0.25) is 5.91 Å². The van der Waals surface area contributed by atoms with E-state index in [-0.39, 0.29) is 23.2 Å². The minimum absolute atomic E-state index is 0.0688. The Hall–Kier alpha value is -2.22. The zero-order valence-corrected chi connectivity index (χ0v) is 15.5. The van der Waals surface area contributed by atoms with Crippen molar-refractivity contribution in [3.8, 4) is 0 Å². The summed E-state index contributed by atoms with van der Waals surface area (Å²) in [6, 6.07) is 9.16. The molecule has 0 radical (unpaired) electrons. The second kappa shape index (κ2) is 8.93. The second-order valence-corrected chi connectivity index (χ2v) is 7.52. The van der Waals surface area contributed by atoms with E-state index in [1.165, 1.54) is 11.8 Å². The highest BCUT2D eigenvalue weighted by Gasteiger charge is 2.26. The van der Waals surface area contributed by atoms with Gasteiger partial charge in [0.25, 0.3) is 5.24 Å². The van der Waals surface area contributed by atoms with Crippen LogP contribution in [0.2, 0.25) is 0 Å². The lowest BCUT2D eigenvalue weighted by Gasteiger charge is -2.32. The Morgan fingerprint density at radius 1 is 1.12 bits per heavy atom. The number of amides is 4. The standard InChI is InChI=1S/C18H24N4O3S/c23-16(8-11-22-12-13-26-18(22)25)21-9-6-15(7-10-21)20-17(24)19-14-4-2-1-3-5-14/h1-5,15H,6-13H2,(H2,19,20,24). The monoisotopic (exact) mass is 376 g/mol. The molecule has 4 amide bonds. The Morgan fingerprint density at radius 3 is 2.50 bits per heavy atom. The number of thioether (sulfide) groups is 1. The number of anilines is 1. The van der Waals surface area contributed by atoms with E-state index in [2.05, 4.69) is 10.6 Å². The van der Waals surface area contributed by atoms with E-state index in [0.29, 0.717) is 26.1 Å². The van der Waals surface area contributed by atoms with Gasteiger partial charge in [-0.05, 0) is 25.0 Å². The van der Waals surface area contributed by atoms with Crippen LogP contribution in [0.4, 0.5) is 15.3 Å². The van der Waals surface area contributed by atoms with Crippen LogP contribution in [-0.4, -0.2) is 65.0 Å². The van der Waals surface area contributed by atoms with E-state index in [1.807, 2.05) is 35.2 Å². The molecule has 1 aromatic rings. The van der Waals surface area contributed by atoms with Crippen LogP contribution in [0.25, 0.3) is 0 Å². The summed E-state index contributed by atoms with van der Waals surface area (Å²) in [6.45, 7) is 2.51. The number of carbonyl (C=O) groups excluding carboxylic acids is 3. The molecule has 0 spiro atoms. The average molecular weight is 376 g/mol. The van der Waals surface area contributed by atoms with Gasteiger partial charge in [-0.1, -0.05) is 30.0 Å². The quantitative estimate of drug-likeness (QED) is 0.827. The Kier molecular flexibility index (Phi) is 6.38. The van der Waals surface area contributed by atoms with E-state index in [4.69, 9.17) is 0 Å². The maximum Gasteiger partial charge on any atom is 0.319 e. The summed E-state index contributed by atoms with van der Waals surface area (Å²) in [5, 5.41) is 5.85. The lowest BCUT2D eigenvalue weighted by atomic mass is 10.0. The molecule has 0 aliphatic carbocycles. The number of benzene rings is 1. The van der Waals surface area contributed by atoms with Gasteiger partial charge in [0.1, 0.15) is 0 Å². The largest absolute Gasteiger partial charge is 0.342 e. The van der Waals surface area contributed by atoms with Crippen molar-refractivity contribution in [2.24, 2.45) is 0 Å². The van der Waals surface area contributed by atoms with Crippen LogP contribution in [0.5, 0.6) is 0 Å². The molecule has 2 heterocycles. The lowest BCUT2D eigenvalue weighted by Crippen LogP contribution is -2.48. The topological polar surface area (TPSA) is 81.8 Å². The Bertz CT molecular complexity index is 647.